The Morgan fingerprint density at radius 2 is 2.05 bits per heavy atom. The predicted molar refractivity (Wildman–Crippen MR) is 76.2 cm³/mol. The van der Waals surface area contributed by atoms with Gasteiger partial charge in [0.25, 0.3) is 0 Å². The topological polar surface area (TPSA) is 57.0 Å². The van der Waals surface area contributed by atoms with Crippen LogP contribution in [0.4, 0.5) is 0 Å². The predicted octanol–water partition coefficient (Wildman–Crippen LogP) is 1.18. The van der Waals surface area contributed by atoms with Crippen molar-refractivity contribution in [2.75, 3.05) is 39.5 Å². The zero-order chi connectivity index (χ0) is 13.9. The molecule has 2 aliphatic rings. The first-order valence-corrected chi connectivity index (χ1v) is 7.22. The van der Waals surface area contributed by atoms with E-state index in [2.05, 4.69) is 24.0 Å². The second-order valence-electron chi connectivity index (χ2n) is 5.32. The number of hydrogen-bond acceptors (Lipinski definition) is 5. The van der Waals surface area contributed by atoms with Gasteiger partial charge in [0.15, 0.2) is 11.5 Å². The standard InChI is InChI=1S/C15H22N2O3/c1-11-10-18-5-4-17(11)13(9-16)12-2-3-14-15(8-12)20-7-6-19-14/h2-3,8,11,13H,4-7,9-10,16H2,1H3. The van der Waals surface area contributed by atoms with Crippen molar-refractivity contribution >= 4 is 0 Å². The Bertz CT molecular complexity index is 466. The van der Waals surface area contributed by atoms with Crippen LogP contribution in [0.3, 0.4) is 0 Å². The van der Waals surface area contributed by atoms with Crippen molar-refractivity contribution in [3.05, 3.63) is 23.8 Å². The van der Waals surface area contributed by atoms with Gasteiger partial charge < -0.3 is 19.9 Å². The summed E-state index contributed by atoms with van der Waals surface area (Å²) in [6, 6.07) is 6.72. The minimum absolute atomic E-state index is 0.199. The summed E-state index contributed by atoms with van der Waals surface area (Å²) >= 11 is 0. The van der Waals surface area contributed by atoms with Crippen LogP contribution in [0.5, 0.6) is 11.5 Å². The number of nitrogens with two attached hydrogens (primary N) is 1. The van der Waals surface area contributed by atoms with E-state index < -0.39 is 0 Å². The van der Waals surface area contributed by atoms with Gasteiger partial charge in [0.05, 0.1) is 13.2 Å². The van der Waals surface area contributed by atoms with Crippen LogP contribution in [0.2, 0.25) is 0 Å². The fraction of sp³-hybridized carbons (Fsp3) is 0.600. The Morgan fingerprint density at radius 3 is 2.80 bits per heavy atom. The van der Waals surface area contributed by atoms with Crippen LogP contribution in [0.1, 0.15) is 18.5 Å². The fourth-order valence-electron chi connectivity index (χ4n) is 2.93. The van der Waals surface area contributed by atoms with Gasteiger partial charge in [-0.15, -0.1) is 0 Å². The van der Waals surface area contributed by atoms with Gasteiger partial charge in [-0.1, -0.05) is 6.07 Å². The molecule has 2 aliphatic heterocycles. The molecule has 2 heterocycles. The van der Waals surface area contributed by atoms with Crippen molar-refractivity contribution in [1.29, 1.82) is 0 Å². The van der Waals surface area contributed by atoms with Gasteiger partial charge in [-0.25, -0.2) is 0 Å². The minimum atomic E-state index is 0.199. The van der Waals surface area contributed by atoms with Crippen molar-refractivity contribution in [2.45, 2.75) is 19.0 Å². The molecule has 5 heteroatoms. The summed E-state index contributed by atoms with van der Waals surface area (Å²) < 4.78 is 16.7. The number of rotatable bonds is 3. The molecule has 0 aliphatic carbocycles. The minimum Gasteiger partial charge on any atom is -0.486 e. The van der Waals surface area contributed by atoms with Crippen LogP contribution in [0.15, 0.2) is 18.2 Å². The first kappa shape index (κ1) is 13.7. The highest BCUT2D eigenvalue weighted by molar-refractivity contribution is 5.44. The molecule has 110 valence electrons. The molecule has 1 aromatic carbocycles. The molecule has 1 fully saturated rings. The highest BCUT2D eigenvalue weighted by Gasteiger charge is 2.27. The number of morpholine rings is 1. The third-order valence-corrected chi connectivity index (χ3v) is 3.99. The van der Waals surface area contributed by atoms with Crippen molar-refractivity contribution in [3.63, 3.8) is 0 Å². The van der Waals surface area contributed by atoms with Crippen molar-refractivity contribution in [2.24, 2.45) is 5.73 Å². The Balaban J connectivity index is 1.85. The van der Waals surface area contributed by atoms with Gasteiger partial charge in [0.1, 0.15) is 13.2 Å². The van der Waals surface area contributed by atoms with Crippen LogP contribution in [-0.4, -0.2) is 50.5 Å². The first-order chi connectivity index (χ1) is 9.79. The molecular formula is C15H22N2O3. The van der Waals surface area contributed by atoms with E-state index in [1.54, 1.807) is 0 Å². The zero-order valence-corrected chi connectivity index (χ0v) is 11.9. The Kier molecular flexibility index (Phi) is 4.10. The maximum Gasteiger partial charge on any atom is 0.161 e. The highest BCUT2D eigenvalue weighted by atomic mass is 16.6. The summed E-state index contributed by atoms with van der Waals surface area (Å²) in [4.78, 5) is 2.41. The maximum atomic E-state index is 6.02. The van der Waals surface area contributed by atoms with Crippen LogP contribution in [0.25, 0.3) is 0 Å². The lowest BCUT2D eigenvalue weighted by atomic mass is 10.0. The average Bonchev–Trinajstić information content (AvgIpc) is 2.50. The van der Waals surface area contributed by atoms with Gasteiger partial charge in [-0.2, -0.15) is 0 Å². The number of benzene rings is 1. The van der Waals surface area contributed by atoms with Crippen LogP contribution < -0.4 is 15.2 Å². The van der Waals surface area contributed by atoms with Crippen molar-refractivity contribution < 1.29 is 14.2 Å². The summed E-state index contributed by atoms with van der Waals surface area (Å²) in [5, 5.41) is 0. The summed E-state index contributed by atoms with van der Waals surface area (Å²) in [7, 11) is 0. The summed E-state index contributed by atoms with van der Waals surface area (Å²) in [5.41, 5.74) is 7.21. The third kappa shape index (κ3) is 2.61. The van der Waals surface area contributed by atoms with E-state index in [0.717, 1.165) is 31.3 Å². The summed E-state index contributed by atoms with van der Waals surface area (Å²) in [6.45, 7) is 6.44. The molecular weight excluding hydrogens is 256 g/mol. The summed E-state index contributed by atoms with van der Waals surface area (Å²) in [5.74, 6) is 1.65. The molecule has 1 saturated heterocycles. The third-order valence-electron chi connectivity index (χ3n) is 3.99. The molecule has 0 radical (unpaired) electrons. The molecule has 20 heavy (non-hydrogen) atoms. The molecule has 2 N–H and O–H groups in total. The van der Waals surface area contributed by atoms with Gasteiger partial charge in [-0.05, 0) is 24.6 Å². The molecule has 5 nitrogen and oxygen atoms in total. The maximum absolute atomic E-state index is 6.02. The molecule has 3 rings (SSSR count). The second-order valence-corrected chi connectivity index (χ2v) is 5.32. The lowest BCUT2D eigenvalue weighted by Crippen LogP contribution is -2.47. The van der Waals surface area contributed by atoms with E-state index in [1.165, 1.54) is 5.56 Å². The molecule has 0 saturated carbocycles. The van der Waals surface area contributed by atoms with E-state index in [1.807, 2.05) is 6.07 Å². The Labute approximate surface area is 119 Å². The Morgan fingerprint density at radius 1 is 1.25 bits per heavy atom. The molecule has 0 amide bonds. The average molecular weight is 278 g/mol. The zero-order valence-electron chi connectivity index (χ0n) is 11.9. The van der Waals surface area contributed by atoms with Crippen molar-refractivity contribution in [1.82, 2.24) is 4.90 Å². The largest absolute Gasteiger partial charge is 0.486 e. The lowest BCUT2D eigenvalue weighted by Gasteiger charge is -2.39. The molecule has 2 unspecified atom stereocenters. The second kappa shape index (κ2) is 5.99. The van der Waals surface area contributed by atoms with E-state index in [0.29, 0.717) is 25.8 Å². The Hall–Kier alpha value is -1.30. The van der Waals surface area contributed by atoms with Gasteiger partial charge in [0, 0.05) is 25.2 Å². The van der Waals surface area contributed by atoms with E-state index >= 15 is 0 Å². The first-order valence-electron chi connectivity index (χ1n) is 7.22. The van der Waals surface area contributed by atoms with E-state index in [-0.39, 0.29) is 6.04 Å². The molecule has 2 atom stereocenters. The molecule has 0 bridgehead atoms. The molecule has 0 spiro atoms. The lowest BCUT2D eigenvalue weighted by molar-refractivity contribution is -0.0210. The normalized spacial score (nSPS) is 24.4. The van der Waals surface area contributed by atoms with Gasteiger partial charge in [0.2, 0.25) is 0 Å². The van der Waals surface area contributed by atoms with E-state index in [9.17, 15) is 0 Å². The van der Waals surface area contributed by atoms with Crippen molar-refractivity contribution in [3.8, 4) is 11.5 Å². The quantitative estimate of drug-likeness (QED) is 0.899. The highest BCUT2D eigenvalue weighted by Crippen LogP contribution is 2.34. The SMILES string of the molecule is CC1COCCN1C(CN)c1ccc2c(c1)OCCO2. The monoisotopic (exact) mass is 278 g/mol. The summed E-state index contributed by atoms with van der Waals surface area (Å²) in [6.07, 6.45) is 0. The molecule has 1 aromatic rings. The van der Waals surface area contributed by atoms with Crippen LogP contribution >= 0.6 is 0 Å². The van der Waals surface area contributed by atoms with E-state index in [4.69, 9.17) is 19.9 Å². The number of ether oxygens (including phenoxy) is 3. The smallest absolute Gasteiger partial charge is 0.161 e. The fourth-order valence-corrected chi connectivity index (χ4v) is 2.93. The van der Waals surface area contributed by atoms with Crippen LogP contribution in [-0.2, 0) is 4.74 Å². The number of hydrogen-bond donors (Lipinski definition) is 1. The van der Waals surface area contributed by atoms with Gasteiger partial charge in [-0.3, -0.25) is 4.90 Å². The number of nitrogens with zero attached hydrogens (tertiary/aromatic N) is 1. The van der Waals surface area contributed by atoms with Gasteiger partial charge >= 0.3 is 0 Å². The van der Waals surface area contributed by atoms with Crippen LogP contribution in [0, 0.1) is 0 Å². The number of fused-ring (bicyclic) bond motifs is 1. The molecule has 0 aromatic heterocycles.